The molecule has 0 aromatic rings. The number of hydrogen-bond acceptors (Lipinski definition) is 8. The average molecular weight is 1030 g/mol. The van der Waals surface area contributed by atoms with Crippen LogP contribution < -0.4 is 5.73 Å². The molecular formula is C63H104NO8P. The van der Waals surface area contributed by atoms with Gasteiger partial charge in [-0.1, -0.05) is 231 Å². The van der Waals surface area contributed by atoms with E-state index in [1.807, 2.05) is 0 Å². The number of hydrogen-bond donors (Lipinski definition) is 2. The van der Waals surface area contributed by atoms with Gasteiger partial charge in [0.15, 0.2) is 6.10 Å². The van der Waals surface area contributed by atoms with E-state index in [0.29, 0.717) is 6.42 Å². The zero-order chi connectivity index (χ0) is 53.1. The molecule has 0 aliphatic heterocycles. The molecule has 0 heterocycles. The normalized spacial score (nSPS) is 14.1. The minimum absolute atomic E-state index is 0.0405. The Labute approximate surface area is 446 Å². The van der Waals surface area contributed by atoms with E-state index in [1.54, 1.807) is 0 Å². The maximum Gasteiger partial charge on any atom is 0.472 e. The van der Waals surface area contributed by atoms with Crippen molar-refractivity contribution in [1.82, 2.24) is 0 Å². The summed E-state index contributed by atoms with van der Waals surface area (Å²) in [4.78, 5) is 35.2. The van der Waals surface area contributed by atoms with Crippen LogP contribution in [0.25, 0.3) is 0 Å². The monoisotopic (exact) mass is 1030 g/mol. The highest BCUT2D eigenvalue weighted by atomic mass is 31.2. The van der Waals surface area contributed by atoms with Crippen molar-refractivity contribution in [3.05, 3.63) is 134 Å². The van der Waals surface area contributed by atoms with E-state index in [2.05, 4.69) is 148 Å². The molecule has 0 aliphatic carbocycles. The first-order chi connectivity index (χ1) is 35.8. The van der Waals surface area contributed by atoms with Crippen LogP contribution in [0.3, 0.4) is 0 Å². The molecule has 0 amide bonds. The Kier molecular flexibility index (Phi) is 54.4. The van der Waals surface area contributed by atoms with Crippen molar-refractivity contribution >= 4 is 19.8 Å². The molecule has 0 bridgehead atoms. The van der Waals surface area contributed by atoms with Crippen LogP contribution in [-0.2, 0) is 32.7 Å². The number of rotatable bonds is 52. The summed E-state index contributed by atoms with van der Waals surface area (Å²) < 4.78 is 33.0. The second kappa shape index (κ2) is 57.4. The van der Waals surface area contributed by atoms with Gasteiger partial charge in [-0.2, -0.15) is 0 Å². The van der Waals surface area contributed by atoms with Crippen LogP contribution >= 0.6 is 7.82 Å². The number of unbranched alkanes of at least 4 members (excludes halogenated alkanes) is 17. The molecule has 0 aliphatic rings. The molecule has 0 saturated carbocycles. The molecule has 2 unspecified atom stereocenters. The molecular weight excluding hydrogens is 930 g/mol. The summed E-state index contributed by atoms with van der Waals surface area (Å²) in [5.74, 6) is -0.874. The fourth-order valence-corrected chi connectivity index (χ4v) is 8.14. The molecule has 0 saturated heterocycles. The fourth-order valence-electron chi connectivity index (χ4n) is 7.37. The summed E-state index contributed by atoms with van der Waals surface area (Å²) >= 11 is 0. The van der Waals surface area contributed by atoms with Crippen LogP contribution in [0, 0.1) is 0 Å². The van der Waals surface area contributed by atoms with E-state index >= 15 is 0 Å². The van der Waals surface area contributed by atoms with Gasteiger partial charge in [-0.25, -0.2) is 4.57 Å². The second-order valence-electron chi connectivity index (χ2n) is 18.4. The van der Waals surface area contributed by atoms with Crippen LogP contribution in [0.4, 0.5) is 0 Å². The molecule has 0 aromatic carbocycles. The number of ether oxygens (including phenoxy) is 2. The van der Waals surface area contributed by atoms with Crippen molar-refractivity contribution in [2.75, 3.05) is 26.4 Å². The minimum atomic E-state index is -4.41. The van der Waals surface area contributed by atoms with Crippen molar-refractivity contribution in [1.29, 1.82) is 0 Å². The topological polar surface area (TPSA) is 134 Å². The van der Waals surface area contributed by atoms with E-state index in [-0.39, 0.29) is 32.6 Å². The maximum absolute atomic E-state index is 12.7. The first-order valence-corrected chi connectivity index (χ1v) is 30.2. The van der Waals surface area contributed by atoms with E-state index in [0.717, 1.165) is 109 Å². The van der Waals surface area contributed by atoms with Crippen LogP contribution in [0.5, 0.6) is 0 Å². The van der Waals surface area contributed by atoms with E-state index in [1.165, 1.54) is 77.0 Å². The molecule has 414 valence electrons. The maximum atomic E-state index is 12.7. The number of esters is 2. The fraction of sp³-hybridized carbons (Fsp3) is 0.619. The SMILES string of the molecule is CC/C=C\C/C=C\C/C=C\C/C=C\C/C=C\C/C=C\C/C=C\CCCCCC(=O)OC(COC(=O)CCCCCCCCCCCCCCCC/C=C\C/C=C\C/C=C\C/C=C\CC)COP(=O)(O)OCCN. The molecule has 2 atom stereocenters. The predicted molar refractivity (Wildman–Crippen MR) is 311 cm³/mol. The molecule has 10 heteroatoms. The summed E-state index contributed by atoms with van der Waals surface area (Å²) in [7, 11) is -4.41. The van der Waals surface area contributed by atoms with Crippen molar-refractivity contribution < 1.29 is 37.6 Å². The molecule has 9 nitrogen and oxygen atoms in total. The third kappa shape index (κ3) is 57.3. The highest BCUT2D eigenvalue weighted by Gasteiger charge is 2.26. The Hall–Kier alpha value is -3.85. The number of carbonyl (C=O) groups is 2. The van der Waals surface area contributed by atoms with Crippen LogP contribution in [0.2, 0.25) is 0 Å². The second-order valence-corrected chi connectivity index (χ2v) is 19.8. The lowest BCUT2D eigenvalue weighted by Gasteiger charge is -2.19. The third-order valence-electron chi connectivity index (χ3n) is 11.5. The summed E-state index contributed by atoms with van der Waals surface area (Å²) in [5, 5.41) is 0. The van der Waals surface area contributed by atoms with E-state index in [4.69, 9.17) is 24.3 Å². The molecule has 0 fully saturated rings. The zero-order valence-corrected chi connectivity index (χ0v) is 47.0. The average Bonchev–Trinajstić information content (AvgIpc) is 3.38. The van der Waals surface area contributed by atoms with Gasteiger partial charge in [0.05, 0.1) is 13.2 Å². The van der Waals surface area contributed by atoms with Crippen LogP contribution in [0.1, 0.15) is 219 Å². The number of allylic oxidation sites excluding steroid dienone is 22. The standard InChI is InChI=1S/C63H104NO8P/c1-3-5-7-9-11-13-15-17-19-21-23-25-27-29-30-32-33-35-37-39-41-43-45-47-49-51-53-55-62(65)69-59-61(60-71-73(67,68)70-58-57-64)72-63(66)56-54-52-50-48-46-44-42-40-38-36-34-31-28-26-24-22-20-18-16-14-12-10-8-6-4-2/h5-8,11-14,17-20,23-26,31,34,38,40,44,46,61H,3-4,9-10,15-16,21-22,27-30,32-33,35-37,39,41-43,45,47-60,64H2,1-2H3,(H,67,68)/b7-5-,8-6-,13-11-,14-12-,19-17-,20-18-,25-23-,26-24-,34-31-,40-38-,46-44-. The minimum Gasteiger partial charge on any atom is -0.462 e. The van der Waals surface area contributed by atoms with Gasteiger partial charge in [0.2, 0.25) is 0 Å². The van der Waals surface area contributed by atoms with Gasteiger partial charge in [0, 0.05) is 19.4 Å². The van der Waals surface area contributed by atoms with Crippen molar-refractivity contribution in [2.45, 2.75) is 225 Å². The molecule has 0 radical (unpaired) electrons. The first-order valence-electron chi connectivity index (χ1n) is 28.7. The van der Waals surface area contributed by atoms with Gasteiger partial charge >= 0.3 is 19.8 Å². The van der Waals surface area contributed by atoms with Crippen LogP contribution in [0.15, 0.2) is 134 Å². The van der Waals surface area contributed by atoms with Gasteiger partial charge in [-0.3, -0.25) is 18.6 Å². The van der Waals surface area contributed by atoms with Crippen molar-refractivity contribution in [3.63, 3.8) is 0 Å². The molecule has 3 N–H and O–H groups in total. The Morgan fingerprint density at radius 2 is 0.712 bits per heavy atom. The Morgan fingerprint density at radius 1 is 0.411 bits per heavy atom. The van der Waals surface area contributed by atoms with Gasteiger partial charge in [-0.15, -0.1) is 0 Å². The highest BCUT2D eigenvalue weighted by Crippen LogP contribution is 2.43. The summed E-state index contributed by atoms with van der Waals surface area (Å²) in [6.45, 7) is 3.47. The van der Waals surface area contributed by atoms with Gasteiger partial charge in [-0.05, 0) is 109 Å². The van der Waals surface area contributed by atoms with Crippen molar-refractivity contribution in [3.8, 4) is 0 Å². The third-order valence-corrected chi connectivity index (χ3v) is 12.5. The van der Waals surface area contributed by atoms with Gasteiger partial charge in [0.25, 0.3) is 0 Å². The predicted octanol–water partition coefficient (Wildman–Crippen LogP) is 18.2. The highest BCUT2D eigenvalue weighted by molar-refractivity contribution is 7.47. The van der Waals surface area contributed by atoms with Gasteiger partial charge < -0.3 is 20.1 Å². The number of carbonyl (C=O) groups excluding carboxylic acids is 2. The van der Waals surface area contributed by atoms with Crippen molar-refractivity contribution in [2.24, 2.45) is 5.73 Å². The summed E-state index contributed by atoms with van der Waals surface area (Å²) in [6, 6.07) is 0. The summed E-state index contributed by atoms with van der Waals surface area (Å²) in [6.07, 6.45) is 80.7. The van der Waals surface area contributed by atoms with Crippen LogP contribution in [-0.4, -0.2) is 49.3 Å². The lowest BCUT2D eigenvalue weighted by atomic mass is 10.0. The Balaban J connectivity index is 4.08. The molecule has 0 aromatic heterocycles. The largest absolute Gasteiger partial charge is 0.472 e. The molecule has 73 heavy (non-hydrogen) atoms. The quantitative estimate of drug-likeness (QED) is 0.0264. The lowest BCUT2D eigenvalue weighted by Crippen LogP contribution is -2.29. The van der Waals surface area contributed by atoms with E-state index < -0.39 is 32.5 Å². The number of phosphoric ester groups is 1. The molecule has 0 spiro atoms. The molecule has 0 rings (SSSR count). The Morgan fingerprint density at radius 3 is 1.07 bits per heavy atom. The zero-order valence-electron chi connectivity index (χ0n) is 46.1. The number of nitrogens with two attached hydrogens (primary N) is 1. The first kappa shape index (κ1) is 69.2. The van der Waals surface area contributed by atoms with Gasteiger partial charge in [0.1, 0.15) is 6.61 Å². The lowest BCUT2D eigenvalue weighted by molar-refractivity contribution is -0.161. The number of phosphoric acid groups is 1. The van der Waals surface area contributed by atoms with E-state index in [9.17, 15) is 19.0 Å². The smallest absolute Gasteiger partial charge is 0.462 e. The Bertz CT molecular complexity index is 1650. The summed E-state index contributed by atoms with van der Waals surface area (Å²) in [5.41, 5.74) is 5.38.